The highest BCUT2D eigenvalue weighted by molar-refractivity contribution is 7.08. The number of carbonyl (C=O) groups excluding carboxylic acids is 1. The largest absolute Gasteiger partial charge is 0.294 e. The Hall–Kier alpha value is -0.630. The smallest absolute Gasteiger partial charge is 0.160 e. The molecule has 0 spiro atoms. The van der Waals surface area contributed by atoms with Crippen LogP contribution in [0.2, 0.25) is 0 Å². The Bertz CT molecular complexity index is 177. The first-order valence-corrected chi connectivity index (χ1v) is 4.28. The fraction of sp³-hybridized carbons (Fsp3) is 0.375. The van der Waals surface area contributed by atoms with Crippen LogP contribution in [0, 0.1) is 0 Å². The molecule has 1 aromatic rings. The maximum absolute atomic E-state index is 10.5. The van der Waals surface area contributed by atoms with E-state index < -0.39 is 0 Å². The number of rotatable bonds is 1. The third kappa shape index (κ3) is 2.78. The minimum Gasteiger partial charge on any atom is -0.294 e. The number of hydrogen-bond donors (Lipinski definition) is 0. The van der Waals surface area contributed by atoms with Gasteiger partial charge in [0, 0.05) is 10.9 Å². The molecule has 0 radical (unpaired) electrons. The second kappa shape index (κ2) is 5.18. The van der Waals surface area contributed by atoms with E-state index in [9.17, 15) is 4.79 Å². The lowest BCUT2D eigenvalue weighted by Gasteiger charge is -1.79. The molecular weight excluding hydrogens is 144 g/mol. The Labute approximate surface area is 65.7 Å². The number of ketones is 1. The van der Waals surface area contributed by atoms with Crippen molar-refractivity contribution in [1.82, 2.24) is 0 Å². The molecule has 1 heterocycles. The quantitative estimate of drug-likeness (QED) is 0.571. The first kappa shape index (κ1) is 9.37. The van der Waals surface area contributed by atoms with Gasteiger partial charge in [-0.15, -0.1) is 0 Å². The standard InChI is InChI=1S/C6H6OS.C2H6/c1-5(7)6-2-3-8-4-6;1-2/h2-4H,1H3;1-2H3. The molecule has 0 atom stereocenters. The van der Waals surface area contributed by atoms with Gasteiger partial charge in [-0.25, -0.2) is 0 Å². The van der Waals surface area contributed by atoms with Crippen molar-refractivity contribution in [1.29, 1.82) is 0 Å². The third-order valence-electron chi connectivity index (χ3n) is 0.928. The van der Waals surface area contributed by atoms with E-state index in [1.54, 1.807) is 18.3 Å². The van der Waals surface area contributed by atoms with Gasteiger partial charge in [0.25, 0.3) is 0 Å². The highest BCUT2D eigenvalue weighted by atomic mass is 32.1. The van der Waals surface area contributed by atoms with Gasteiger partial charge in [0.05, 0.1) is 0 Å². The Balaban J connectivity index is 0.000000371. The molecule has 0 unspecified atom stereocenters. The van der Waals surface area contributed by atoms with Crippen LogP contribution >= 0.6 is 11.3 Å². The molecule has 10 heavy (non-hydrogen) atoms. The second-order valence-corrected chi connectivity index (χ2v) is 2.35. The van der Waals surface area contributed by atoms with Crippen molar-refractivity contribution in [2.45, 2.75) is 20.8 Å². The molecule has 0 aliphatic heterocycles. The molecule has 0 fully saturated rings. The molecule has 0 aromatic carbocycles. The Morgan fingerprint density at radius 2 is 2.10 bits per heavy atom. The van der Waals surface area contributed by atoms with Crippen LogP contribution in [0.3, 0.4) is 0 Å². The molecule has 0 N–H and O–H groups in total. The van der Waals surface area contributed by atoms with Crippen molar-refractivity contribution in [3.05, 3.63) is 22.4 Å². The summed E-state index contributed by atoms with van der Waals surface area (Å²) in [7, 11) is 0. The molecule has 0 aliphatic carbocycles. The van der Waals surface area contributed by atoms with Crippen LogP contribution in [0.25, 0.3) is 0 Å². The minimum absolute atomic E-state index is 0.145. The first-order chi connectivity index (χ1) is 4.80. The summed E-state index contributed by atoms with van der Waals surface area (Å²) < 4.78 is 0. The van der Waals surface area contributed by atoms with Crippen LogP contribution in [-0.4, -0.2) is 5.78 Å². The van der Waals surface area contributed by atoms with Crippen molar-refractivity contribution in [2.24, 2.45) is 0 Å². The van der Waals surface area contributed by atoms with Crippen molar-refractivity contribution in [3.8, 4) is 0 Å². The van der Waals surface area contributed by atoms with Gasteiger partial charge in [0.15, 0.2) is 5.78 Å². The summed E-state index contributed by atoms with van der Waals surface area (Å²) in [6.07, 6.45) is 0. The van der Waals surface area contributed by atoms with Crippen molar-refractivity contribution in [3.63, 3.8) is 0 Å². The molecule has 0 saturated carbocycles. The van der Waals surface area contributed by atoms with Gasteiger partial charge in [0.2, 0.25) is 0 Å². The predicted octanol–water partition coefficient (Wildman–Crippen LogP) is 2.98. The van der Waals surface area contributed by atoms with E-state index in [0.29, 0.717) is 0 Å². The highest BCUT2D eigenvalue weighted by Crippen LogP contribution is 2.05. The van der Waals surface area contributed by atoms with E-state index in [1.807, 2.05) is 30.7 Å². The SMILES string of the molecule is CC.CC(=O)c1ccsc1. The lowest BCUT2D eigenvalue weighted by Crippen LogP contribution is -1.85. The van der Waals surface area contributed by atoms with Gasteiger partial charge in [-0.3, -0.25) is 4.79 Å². The maximum Gasteiger partial charge on any atom is 0.160 e. The first-order valence-electron chi connectivity index (χ1n) is 3.34. The van der Waals surface area contributed by atoms with Crippen LogP contribution in [0.5, 0.6) is 0 Å². The molecular formula is C8H12OS. The summed E-state index contributed by atoms with van der Waals surface area (Å²) in [5.74, 6) is 0.145. The van der Waals surface area contributed by atoms with Gasteiger partial charge < -0.3 is 0 Å². The molecule has 0 amide bonds. The average Bonchev–Trinajstić information content (AvgIpc) is 2.42. The molecule has 0 bridgehead atoms. The van der Waals surface area contributed by atoms with Crippen LogP contribution in [0.15, 0.2) is 16.8 Å². The Morgan fingerprint density at radius 3 is 2.30 bits per heavy atom. The number of hydrogen-bond acceptors (Lipinski definition) is 2. The molecule has 0 saturated heterocycles. The summed E-state index contributed by atoms with van der Waals surface area (Å²) in [4.78, 5) is 10.5. The number of Topliss-reactive ketones (excluding diaryl/α,β-unsaturated/α-hetero) is 1. The van der Waals surface area contributed by atoms with Crippen LogP contribution in [0.1, 0.15) is 31.1 Å². The highest BCUT2D eigenvalue weighted by Gasteiger charge is 1.94. The molecule has 56 valence electrons. The molecule has 0 aliphatic rings. The summed E-state index contributed by atoms with van der Waals surface area (Å²) in [6, 6.07) is 1.83. The van der Waals surface area contributed by atoms with E-state index in [4.69, 9.17) is 0 Å². The third-order valence-corrected chi connectivity index (χ3v) is 1.61. The summed E-state index contributed by atoms with van der Waals surface area (Å²) in [5.41, 5.74) is 0.815. The fourth-order valence-corrected chi connectivity index (χ4v) is 1.16. The van der Waals surface area contributed by atoms with Gasteiger partial charge in [-0.1, -0.05) is 13.8 Å². The zero-order chi connectivity index (χ0) is 7.98. The maximum atomic E-state index is 10.5. The van der Waals surface area contributed by atoms with Crippen molar-refractivity contribution >= 4 is 17.1 Å². The monoisotopic (exact) mass is 156 g/mol. The lowest BCUT2D eigenvalue weighted by molar-refractivity contribution is 0.101. The van der Waals surface area contributed by atoms with Gasteiger partial charge in [-0.2, -0.15) is 11.3 Å². The molecule has 1 aromatic heterocycles. The summed E-state index contributed by atoms with van der Waals surface area (Å²) in [6.45, 7) is 5.57. The topological polar surface area (TPSA) is 17.1 Å². The Kier molecular flexibility index (Phi) is 4.85. The van der Waals surface area contributed by atoms with E-state index in [0.717, 1.165) is 5.56 Å². The van der Waals surface area contributed by atoms with Crippen LogP contribution < -0.4 is 0 Å². The number of carbonyl (C=O) groups is 1. The molecule has 1 rings (SSSR count). The normalized spacial score (nSPS) is 7.90. The van der Waals surface area contributed by atoms with Gasteiger partial charge in [-0.05, 0) is 18.4 Å². The van der Waals surface area contributed by atoms with Crippen molar-refractivity contribution in [2.75, 3.05) is 0 Å². The van der Waals surface area contributed by atoms with Crippen LogP contribution in [0.4, 0.5) is 0 Å². The van der Waals surface area contributed by atoms with E-state index in [1.165, 1.54) is 0 Å². The molecule has 1 nitrogen and oxygen atoms in total. The van der Waals surface area contributed by atoms with E-state index in [-0.39, 0.29) is 5.78 Å². The lowest BCUT2D eigenvalue weighted by atomic mass is 10.2. The average molecular weight is 156 g/mol. The Morgan fingerprint density at radius 1 is 1.50 bits per heavy atom. The van der Waals surface area contributed by atoms with Gasteiger partial charge >= 0.3 is 0 Å². The van der Waals surface area contributed by atoms with E-state index >= 15 is 0 Å². The van der Waals surface area contributed by atoms with Crippen molar-refractivity contribution < 1.29 is 4.79 Å². The summed E-state index contributed by atoms with van der Waals surface area (Å²) in [5, 5.41) is 3.75. The number of thiophene rings is 1. The minimum atomic E-state index is 0.145. The second-order valence-electron chi connectivity index (χ2n) is 1.57. The summed E-state index contributed by atoms with van der Waals surface area (Å²) >= 11 is 1.55. The fourth-order valence-electron chi connectivity index (χ4n) is 0.465. The van der Waals surface area contributed by atoms with Crippen LogP contribution in [-0.2, 0) is 0 Å². The van der Waals surface area contributed by atoms with Gasteiger partial charge in [0.1, 0.15) is 0 Å². The predicted molar refractivity (Wildman–Crippen MR) is 45.7 cm³/mol. The molecule has 2 heteroatoms. The zero-order valence-electron chi connectivity index (χ0n) is 6.55. The zero-order valence-corrected chi connectivity index (χ0v) is 7.37. The van der Waals surface area contributed by atoms with E-state index in [2.05, 4.69) is 0 Å².